The third-order valence-electron chi connectivity index (χ3n) is 5.08. The molecule has 0 aliphatic carbocycles. The van der Waals surface area contributed by atoms with Crippen LogP contribution >= 0.6 is 0 Å². The highest BCUT2D eigenvalue weighted by atomic mass is 16.5. The average molecular weight is 389 g/mol. The van der Waals surface area contributed by atoms with Crippen molar-refractivity contribution in [2.75, 3.05) is 51.2 Å². The summed E-state index contributed by atoms with van der Waals surface area (Å²) in [6, 6.07) is 11.7. The van der Waals surface area contributed by atoms with E-state index in [1.54, 1.807) is 0 Å². The maximum Gasteiger partial charge on any atom is 0.281 e. The molecule has 0 spiro atoms. The van der Waals surface area contributed by atoms with Crippen LogP contribution < -0.4 is 19.9 Å². The topological polar surface area (TPSA) is 73.2 Å². The predicted octanol–water partition coefficient (Wildman–Crippen LogP) is -0.227. The fourth-order valence-electron chi connectivity index (χ4n) is 3.31. The van der Waals surface area contributed by atoms with Gasteiger partial charge in [0.25, 0.3) is 5.91 Å². The largest absolute Gasteiger partial charge is 0.488 e. The van der Waals surface area contributed by atoms with Crippen molar-refractivity contribution in [2.24, 2.45) is 0 Å². The van der Waals surface area contributed by atoms with E-state index < -0.39 is 0 Å². The Hall–Kier alpha value is -2.38. The third-order valence-corrected chi connectivity index (χ3v) is 5.08. The molecule has 3 N–H and O–H groups in total. The Bertz CT molecular complexity index is 747. The molecule has 0 bridgehead atoms. The molecule has 0 radical (unpaired) electrons. The number of aromatic nitrogens is 1. The highest BCUT2D eigenvalue weighted by Gasteiger charge is 2.25. The van der Waals surface area contributed by atoms with E-state index in [1.165, 1.54) is 9.80 Å². The molecule has 1 aromatic carbocycles. The maximum atomic E-state index is 12.3. The van der Waals surface area contributed by atoms with Crippen molar-refractivity contribution >= 4 is 11.8 Å². The second-order valence-corrected chi connectivity index (χ2v) is 8.46. The lowest BCUT2D eigenvalue weighted by molar-refractivity contribution is -1.01. The van der Waals surface area contributed by atoms with E-state index in [1.807, 2.05) is 36.4 Å². The Balaban J connectivity index is 1.34. The van der Waals surface area contributed by atoms with Crippen LogP contribution in [-0.2, 0) is 10.2 Å². The summed E-state index contributed by atoms with van der Waals surface area (Å²) in [5, 5.41) is 6.87. The predicted molar refractivity (Wildman–Crippen MR) is 107 cm³/mol. The molecule has 1 aliphatic heterocycles. The van der Waals surface area contributed by atoms with Crippen molar-refractivity contribution < 1.29 is 23.9 Å². The van der Waals surface area contributed by atoms with E-state index >= 15 is 0 Å². The molecule has 1 aliphatic rings. The number of hydrogen-bond donors (Lipinski definition) is 3. The number of hydrogen-bond acceptors (Lipinski definition) is 4. The average Bonchev–Trinajstić information content (AvgIpc) is 3.13. The summed E-state index contributed by atoms with van der Waals surface area (Å²) in [5.41, 5.74) is 0.742. The Morgan fingerprint density at radius 2 is 1.82 bits per heavy atom. The lowest BCUT2D eigenvalue weighted by atomic mass is 9.92. The summed E-state index contributed by atoms with van der Waals surface area (Å²) in [7, 11) is 0. The molecule has 0 saturated carbocycles. The van der Waals surface area contributed by atoms with Crippen molar-refractivity contribution in [3.8, 4) is 5.75 Å². The smallest absolute Gasteiger partial charge is 0.281 e. The Labute approximate surface area is 166 Å². The molecule has 0 atom stereocenters. The number of carbonyl (C=O) groups excluding carboxylic acids is 1. The lowest BCUT2D eigenvalue weighted by Gasteiger charge is -2.29. The second kappa shape index (κ2) is 9.21. The van der Waals surface area contributed by atoms with Crippen LogP contribution in [0.5, 0.6) is 5.75 Å². The van der Waals surface area contributed by atoms with Gasteiger partial charge in [0.05, 0.1) is 5.69 Å². The first-order valence-electron chi connectivity index (χ1n) is 10.0. The SMILES string of the molecule is CC(C)(C)c1cc(NC(=O)C[NH+]2CC[NH+](CCOc3ccccc3)CC2)on1. The van der Waals surface area contributed by atoms with Gasteiger partial charge >= 0.3 is 0 Å². The highest BCUT2D eigenvalue weighted by molar-refractivity contribution is 5.90. The van der Waals surface area contributed by atoms with Crippen molar-refractivity contribution in [3.63, 3.8) is 0 Å². The van der Waals surface area contributed by atoms with Crippen LogP contribution in [0.15, 0.2) is 40.9 Å². The molecule has 28 heavy (non-hydrogen) atoms. The Morgan fingerprint density at radius 3 is 2.46 bits per heavy atom. The molecule has 2 aromatic rings. The monoisotopic (exact) mass is 388 g/mol. The van der Waals surface area contributed by atoms with Gasteiger partial charge in [-0.25, -0.2) is 0 Å². The number of nitrogens with one attached hydrogen (secondary N) is 3. The molecule has 3 rings (SSSR count). The van der Waals surface area contributed by atoms with Gasteiger partial charge in [0.2, 0.25) is 5.88 Å². The highest BCUT2D eigenvalue weighted by Crippen LogP contribution is 2.23. The summed E-state index contributed by atoms with van der Waals surface area (Å²) >= 11 is 0. The summed E-state index contributed by atoms with van der Waals surface area (Å²) in [6.45, 7) is 12.4. The number of carbonyl (C=O) groups is 1. The second-order valence-electron chi connectivity index (χ2n) is 8.46. The van der Waals surface area contributed by atoms with Crippen LogP contribution in [0.2, 0.25) is 0 Å². The number of nitrogens with zero attached hydrogens (tertiary/aromatic N) is 1. The van der Waals surface area contributed by atoms with Crippen LogP contribution in [0.3, 0.4) is 0 Å². The number of benzene rings is 1. The van der Waals surface area contributed by atoms with Gasteiger partial charge in [0.1, 0.15) is 45.1 Å². The van der Waals surface area contributed by atoms with Crippen LogP contribution in [-0.4, -0.2) is 56.9 Å². The van der Waals surface area contributed by atoms with Gasteiger partial charge in [-0.05, 0) is 12.1 Å². The molecule has 1 aromatic heterocycles. The first kappa shape index (κ1) is 20.4. The van der Waals surface area contributed by atoms with Crippen molar-refractivity contribution in [2.45, 2.75) is 26.2 Å². The molecule has 7 heteroatoms. The first-order chi connectivity index (χ1) is 13.4. The Kier molecular flexibility index (Phi) is 6.70. The summed E-state index contributed by atoms with van der Waals surface area (Å²) in [5.74, 6) is 1.32. The van der Waals surface area contributed by atoms with E-state index in [0.717, 1.165) is 50.8 Å². The number of para-hydroxylation sites is 1. The van der Waals surface area contributed by atoms with Crippen LogP contribution in [0.4, 0.5) is 5.88 Å². The minimum atomic E-state index is -0.0962. The molecular weight excluding hydrogens is 356 g/mol. The lowest BCUT2D eigenvalue weighted by Crippen LogP contribution is -3.28. The molecule has 152 valence electrons. The zero-order valence-electron chi connectivity index (χ0n) is 17.1. The molecule has 1 fully saturated rings. The van der Waals surface area contributed by atoms with Gasteiger partial charge < -0.3 is 19.1 Å². The molecule has 2 heterocycles. The van der Waals surface area contributed by atoms with Gasteiger partial charge in [-0.1, -0.05) is 44.1 Å². The van der Waals surface area contributed by atoms with Gasteiger partial charge in [-0.15, -0.1) is 0 Å². The summed E-state index contributed by atoms with van der Waals surface area (Å²) in [6.07, 6.45) is 0. The maximum absolute atomic E-state index is 12.3. The van der Waals surface area contributed by atoms with Crippen LogP contribution in [0.1, 0.15) is 26.5 Å². The molecule has 7 nitrogen and oxygen atoms in total. The van der Waals surface area contributed by atoms with E-state index in [9.17, 15) is 4.79 Å². The number of amides is 1. The van der Waals surface area contributed by atoms with Gasteiger partial charge in [0, 0.05) is 11.5 Å². The molecule has 1 saturated heterocycles. The van der Waals surface area contributed by atoms with Crippen LogP contribution in [0, 0.1) is 0 Å². The normalized spacial score (nSPS) is 20.0. The van der Waals surface area contributed by atoms with Crippen molar-refractivity contribution in [1.29, 1.82) is 0 Å². The minimum Gasteiger partial charge on any atom is -0.488 e. The number of anilines is 1. The fraction of sp³-hybridized carbons (Fsp3) is 0.524. The zero-order valence-corrected chi connectivity index (χ0v) is 17.1. The van der Waals surface area contributed by atoms with Crippen molar-refractivity contribution in [1.82, 2.24) is 5.16 Å². The van der Waals surface area contributed by atoms with E-state index in [0.29, 0.717) is 12.4 Å². The number of ether oxygens (including phenoxy) is 1. The summed E-state index contributed by atoms with van der Waals surface area (Å²) in [4.78, 5) is 15.1. The summed E-state index contributed by atoms with van der Waals surface area (Å²) < 4.78 is 11.0. The molecule has 1 amide bonds. The van der Waals surface area contributed by atoms with E-state index in [2.05, 4.69) is 31.2 Å². The van der Waals surface area contributed by atoms with E-state index in [-0.39, 0.29) is 11.3 Å². The standard InChI is InChI=1S/C21H30N4O3/c1-21(2,3)18-15-20(28-23-18)22-19(26)16-25-11-9-24(10-12-25)13-14-27-17-7-5-4-6-8-17/h4-8,15H,9-14,16H2,1-3H3,(H,22,26)/p+2. The molecule has 0 unspecified atom stereocenters. The minimum absolute atomic E-state index is 0.0255. The number of rotatable bonds is 7. The van der Waals surface area contributed by atoms with Crippen molar-refractivity contribution in [3.05, 3.63) is 42.1 Å². The zero-order chi connectivity index (χ0) is 20.0. The van der Waals surface area contributed by atoms with Gasteiger partial charge in [-0.3, -0.25) is 10.1 Å². The third kappa shape index (κ3) is 6.07. The fourth-order valence-corrected chi connectivity index (χ4v) is 3.31. The number of quaternary nitrogens is 2. The first-order valence-corrected chi connectivity index (χ1v) is 10.0. The van der Waals surface area contributed by atoms with Crippen LogP contribution in [0.25, 0.3) is 0 Å². The van der Waals surface area contributed by atoms with Gasteiger partial charge in [0.15, 0.2) is 6.54 Å². The Morgan fingerprint density at radius 1 is 1.14 bits per heavy atom. The number of piperazine rings is 1. The van der Waals surface area contributed by atoms with E-state index in [4.69, 9.17) is 9.26 Å². The quantitative estimate of drug-likeness (QED) is 0.613. The molecular formula is C21H32N4O3+2. The van der Waals surface area contributed by atoms with Gasteiger partial charge in [-0.2, -0.15) is 0 Å².